The van der Waals surface area contributed by atoms with Crippen LogP contribution in [0.15, 0.2) is 24.4 Å². The van der Waals surface area contributed by atoms with Crippen LogP contribution in [0.2, 0.25) is 0 Å². The Bertz CT molecular complexity index is 695. The summed E-state index contributed by atoms with van der Waals surface area (Å²) in [5.74, 6) is 0. The average molecular weight is 316 g/mol. The molecule has 0 aromatic carbocycles. The van der Waals surface area contributed by atoms with Gasteiger partial charge in [-0.25, -0.2) is 9.78 Å². The first kappa shape index (κ1) is 15.8. The van der Waals surface area contributed by atoms with Crippen LogP contribution in [-0.2, 0) is 11.3 Å². The van der Waals surface area contributed by atoms with Gasteiger partial charge in [-0.2, -0.15) is 0 Å². The molecular weight excluding hydrogens is 292 g/mol. The van der Waals surface area contributed by atoms with E-state index in [9.17, 15) is 4.79 Å². The highest BCUT2D eigenvalue weighted by molar-refractivity contribution is 5.67. The maximum atomic E-state index is 11.7. The van der Waals surface area contributed by atoms with Crippen molar-refractivity contribution in [1.29, 1.82) is 0 Å². The average Bonchev–Trinajstić information content (AvgIpc) is 2.91. The molecule has 6 heteroatoms. The minimum atomic E-state index is -0.264. The first-order chi connectivity index (χ1) is 11.0. The molecule has 3 rings (SSSR count). The Labute approximate surface area is 136 Å². The van der Waals surface area contributed by atoms with Crippen molar-refractivity contribution in [2.75, 3.05) is 27.2 Å². The van der Waals surface area contributed by atoms with E-state index in [-0.39, 0.29) is 12.2 Å². The maximum Gasteiger partial charge on any atom is 0.409 e. The molecule has 1 aliphatic rings. The molecule has 0 radical (unpaired) electrons. The monoisotopic (exact) mass is 316 g/mol. The third-order valence-corrected chi connectivity index (χ3v) is 4.23. The van der Waals surface area contributed by atoms with Crippen molar-refractivity contribution in [1.82, 2.24) is 19.2 Å². The number of carbonyl (C=O) groups excluding carboxylic acids is 1. The summed E-state index contributed by atoms with van der Waals surface area (Å²) in [6, 6.07) is 6.13. The predicted octanol–water partition coefficient (Wildman–Crippen LogP) is 2.31. The van der Waals surface area contributed by atoms with E-state index in [1.54, 1.807) is 14.1 Å². The third kappa shape index (κ3) is 3.64. The van der Waals surface area contributed by atoms with Gasteiger partial charge in [0.15, 0.2) is 0 Å². The number of hydrogen-bond acceptors (Lipinski definition) is 4. The van der Waals surface area contributed by atoms with Crippen LogP contribution in [-0.4, -0.2) is 58.6 Å². The van der Waals surface area contributed by atoms with E-state index >= 15 is 0 Å². The summed E-state index contributed by atoms with van der Waals surface area (Å²) < 4.78 is 7.63. The van der Waals surface area contributed by atoms with Crippen LogP contribution in [0.25, 0.3) is 5.65 Å². The summed E-state index contributed by atoms with van der Waals surface area (Å²) in [4.78, 5) is 20.2. The minimum absolute atomic E-state index is 0.0302. The first-order valence-electron chi connectivity index (χ1n) is 8.07. The smallest absolute Gasteiger partial charge is 0.409 e. The normalized spacial score (nSPS) is 19.0. The van der Waals surface area contributed by atoms with Crippen molar-refractivity contribution in [2.45, 2.75) is 32.4 Å². The number of likely N-dealkylation sites (tertiary alicyclic amines) is 1. The molecule has 0 saturated carbocycles. The highest BCUT2D eigenvalue weighted by Gasteiger charge is 2.24. The van der Waals surface area contributed by atoms with Gasteiger partial charge in [0.05, 0.1) is 5.69 Å². The summed E-state index contributed by atoms with van der Waals surface area (Å²) >= 11 is 0. The molecule has 1 atom stereocenters. The van der Waals surface area contributed by atoms with Gasteiger partial charge in [-0.3, -0.25) is 4.90 Å². The number of pyridine rings is 1. The van der Waals surface area contributed by atoms with Crippen molar-refractivity contribution in [3.8, 4) is 0 Å². The number of amides is 1. The fraction of sp³-hybridized carbons (Fsp3) is 0.529. The second kappa shape index (κ2) is 6.58. The molecule has 1 saturated heterocycles. The molecule has 3 heterocycles. The second-order valence-electron chi connectivity index (χ2n) is 6.41. The fourth-order valence-corrected chi connectivity index (χ4v) is 3.01. The van der Waals surface area contributed by atoms with E-state index < -0.39 is 0 Å². The van der Waals surface area contributed by atoms with E-state index in [1.165, 1.54) is 10.6 Å². The number of aryl methyl sites for hydroxylation is 1. The summed E-state index contributed by atoms with van der Waals surface area (Å²) in [7, 11) is 3.42. The van der Waals surface area contributed by atoms with Gasteiger partial charge in [0.1, 0.15) is 11.8 Å². The molecule has 1 aliphatic heterocycles. The third-order valence-electron chi connectivity index (χ3n) is 4.23. The van der Waals surface area contributed by atoms with E-state index in [0.717, 1.165) is 43.8 Å². The zero-order valence-corrected chi connectivity index (χ0v) is 14.0. The van der Waals surface area contributed by atoms with Crippen LogP contribution >= 0.6 is 0 Å². The van der Waals surface area contributed by atoms with Crippen LogP contribution in [0.3, 0.4) is 0 Å². The SMILES string of the molecule is Cc1cccc2nc(CN3CCCC(OC(=O)N(C)C)C3)cn12. The van der Waals surface area contributed by atoms with Gasteiger partial charge in [0.2, 0.25) is 0 Å². The molecule has 2 aromatic heterocycles. The number of carbonyl (C=O) groups is 1. The Morgan fingerprint density at radius 3 is 3.00 bits per heavy atom. The van der Waals surface area contributed by atoms with Crippen LogP contribution in [0.4, 0.5) is 4.79 Å². The number of fused-ring (bicyclic) bond motifs is 1. The summed E-state index contributed by atoms with van der Waals surface area (Å²) in [6.45, 7) is 4.66. The quantitative estimate of drug-likeness (QED) is 0.872. The van der Waals surface area contributed by atoms with Crippen LogP contribution in [0.5, 0.6) is 0 Å². The first-order valence-corrected chi connectivity index (χ1v) is 8.07. The molecule has 0 bridgehead atoms. The van der Waals surface area contributed by atoms with Gasteiger partial charge in [-0.1, -0.05) is 6.07 Å². The lowest BCUT2D eigenvalue weighted by Crippen LogP contribution is -2.41. The number of rotatable bonds is 3. The molecule has 1 amide bonds. The van der Waals surface area contributed by atoms with Gasteiger partial charge in [0, 0.05) is 39.1 Å². The van der Waals surface area contributed by atoms with Crippen LogP contribution in [0.1, 0.15) is 24.2 Å². The summed E-state index contributed by atoms with van der Waals surface area (Å²) in [5, 5.41) is 0. The zero-order valence-electron chi connectivity index (χ0n) is 14.0. The molecular formula is C17H24N4O2. The Morgan fingerprint density at radius 1 is 1.43 bits per heavy atom. The largest absolute Gasteiger partial charge is 0.445 e. The Morgan fingerprint density at radius 2 is 2.26 bits per heavy atom. The zero-order chi connectivity index (χ0) is 16.4. The fourth-order valence-electron chi connectivity index (χ4n) is 3.01. The highest BCUT2D eigenvalue weighted by Crippen LogP contribution is 2.17. The van der Waals surface area contributed by atoms with Crippen molar-refractivity contribution < 1.29 is 9.53 Å². The van der Waals surface area contributed by atoms with Crippen molar-refractivity contribution >= 4 is 11.7 Å². The van der Waals surface area contributed by atoms with Crippen LogP contribution < -0.4 is 0 Å². The molecule has 0 aliphatic carbocycles. The van der Waals surface area contributed by atoms with Crippen molar-refractivity contribution in [3.05, 3.63) is 35.8 Å². The molecule has 1 unspecified atom stereocenters. The van der Waals surface area contributed by atoms with Gasteiger partial charge in [-0.15, -0.1) is 0 Å². The lowest BCUT2D eigenvalue weighted by molar-refractivity contribution is 0.0262. The second-order valence-corrected chi connectivity index (χ2v) is 6.41. The predicted molar refractivity (Wildman–Crippen MR) is 88.4 cm³/mol. The van der Waals surface area contributed by atoms with Crippen molar-refractivity contribution in [3.63, 3.8) is 0 Å². The maximum absolute atomic E-state index is 11.7. The number of nitrogens with zero attached hydrogens (tertiary/aromatic N) is 4. The Kier molecular flexibility index (Phi) is 4.52. The standard InChI is InChI=1S/C17H24N4O2/c1-13-6-4-8-16-18-14(11-21(13)16)10-20-9-5-7-15(12-20)23-17(22)19(2)3/h4,6,8,11,15H,5,7,9-10,12H2,1-3H3. The van der Waals surface area contributed by atoms with E-state index in [1.807, 2.05) is 12.1 Å². The lowest BCUT2D eigenvalue weighted by atomic mass is 10.1. The molecule has 124 valence electrons. The van der Waals surface area contributed by atoms with E-state index in [4.69, 9.17) is 4.74 Å². The minimum Gasteiger partial charge on any atom is -0.445 e. The summed E-state index contributed by atoms with van der Waals surface area (Å²) in [5.41, 5.74) is 3.21. The molecule has 0 spiro atoms. The number of ether oxygens (including phenoxy) is 1. The molecule has 1 fully saturated rings. The highest BCUT2D eigenvalue weighted by atomic mass is 16.6. The Balaban J connectivity index is 1.64. The molecule has 2 aromatic rings. The molecule has 23 heavy (non-hydrogen) atoms. The molecule has 0 N–H and O–H groups in total. The van der Waals surface area contributed by atoms with Gasteiger partial charge < -0.3 is 14.0 Å². The van der Waals surface area contributed by atoms with Gasteiger partial charge >= 0.3 is 6.09 Å². The summed E-state index contributed by atoms with van der Waals surface area (Å²) in [6.07, 6.45) is 3.77. The Hall–Kier alpha value is -2.08. The number of imidazole rings is 1. The van der Waals surface area contributed by atoms with Crippen LogP contribution in [0, 0.1) is 6.92 Å². The number of aromatic nitrogens is 2. The number of hydrogen-bond donors (Lipinski definition) is 0. The van der Waals surface area contributed by atoms with E-state index in [0.29, 0.717) is 0 Å². The molecule has 6 nitrogen and oxygen atoms in total. The van der Waals surface area contributed by atoms with E-state index in [2.05, 4.69) is 33.5 Å². The lowest BCUT2D eigenvalue weighted by Gasteiger charge is -2.32. The van der Waals surface area contributed by atoms with Crippen molar-refractivity contribution in [2.24, 2.45) is 0 Å². The van der Waals surface area contributed by atoms with Gasteiger partial charge in [-0.05, 0) is 38.4 Å². The van der Waals surface area contributed by atoms with Gasteiger partial charge in [0.25, 0.3) is 0 Å². The topological polar surface area (TPSA) is 50.1 Å². The number of piperidine rings is 1.